The monoisotopic (exact) mass is 433 g/mol. The van der Waals surface area contributed by atoms with E-state index >= 15 is 0 Å². The van der Waals surface area contributed by atoms with Crippen molar-refractivity contribution in [3.05, 3.63) is 77.9 Å². The summed E-state index contributed by atoms with van der Waals surface area (Å²) in [6, 6.07) is 19.9. The maximum Gasteiger partial charge on any atom is 0.323 e. The zero-order valence-corrected chi connectivity index (χ0v) is 17.7. The highest BCUT2D eigenvalue weighted by Crippen LogP contribution is 2.35. The molecule has 0 atom stereocenters. The van der Waals surface area contributed by atoms with Crippen molar-refractivity contribution in [2.45, 2.75) is 0 Å². The van der Waals surface area contributed by atoms with E-state index in [0.29, 0.717) is 27.9 Å². The molecule has 2 N–H and O–H groups in total. The Morgan fingerprint density at radius 2 is 1.74 bits per heavy atom. The summed E-state index contributed by atoms with van der Waals surface area (Å²) in [5.74, 6) is 1.13. The van der Waals surface area contributed by atoms with Crippen LogP contribution in [0.3, 0.4) is 0 Å². The number of anilines is 2. The predicted molar refractivity (Wildman–Crippen MR) is 124 cm³/mol. The number of para-hydroxylation sites is 1. The molecule has 0 aliphatic rings. The van der Waals surface area contributed by atoms with Crippen LogP contribution >= 0.6 is 11.6 Å². The van der Waals surface area contributed by atoms with Crippen molar-refractivity contribution in [3.63, 3.8) is 0 Å². The third kappa shape index (κ3) is 4.39. The van der Waals surface area contributed by atoms with Crippen molar-refractivity contribution in [2.75, 3.05) is 24.9 Å². The van der Waals surface area contributed by atoms with Crippen LogP contribution in [0.1, 0.15) is 0 Å². The molecule has 1 aromatic heterocycles. The van der Waals surface area contributed by atoms with Crippen LogP contribution in [0.5, 0.6) is 11.5 Å². The molecule has 0 fully saturated rings. The molecule has 156 valence electrons. The molecule has 7 heteroatoms. The first-order valence-electron chi connectivity index (χ1n) is 9.53. The van der Waals surface area contributed by atoms with Gasteiger partial charge in [0.2, 0.25) is 0 Å². The summed E-state index contributed by atoms with van der Waals surface area (Å²) in [5, 5.41) is 7.20. The summed E-state index contributed by atoms with van der Waals surface area (Å²) in [4.78, 5) is 17.0. The Morgan fingerprint density at radius 1 is 0.903 bits per heavy atom. The van der Waals surface area contributed by atoms with Crippen LogP contribution in [0, 0.1) is 0 Å². The van der Waals surface area contributed by atoms with Crippen molar-refractivity contribution >= 4 is 39.9 Å². The molecule has 4 rings (SSSR count). The third-order valence-corrected chi connectivity index (χ3v) is 5.15. The van der Waals surface area contributed by atoms with Gasteiger partial charge in [0.1, 0.15) is 11.5 Å². The first-order valence-corrected chi connectivity index (χ1v) is 9.90. The normalized spacial score (nSPS) is 10.5. The summed E-state index contributed by atoms with van der Waals surface area (Å²) in [5.41, 5.74) is 3.75. The van der Waals surface area contributed by atoms with Crippen LogP contribution in [-0.2, 0) is 0 Å². The maximum atomic E-state index is 12.6. The number of ether oxygens (including phenoxy) is 2. The Hall–Kier alpha value is -3.77. The van der Waals surface area contributed by atoms with Gasteiger partial charge in [0.05, 0.1) is 25.4 Å². The lowest BCUT2D eigenvalue weighted by atomic mass is 10.0. The fraction of sp³-hybridized carbons (Fsp3) is 0.0833. The average Bonchev–Trinajstić information content (AvgIpc) is 2.80. The van der Waals surface area contributed by atoms with E-state index in [1.807, 2.05) is 36.4 Å². The van der Waals surface area contributed by atoms with Crippen molar-refractivity contribution < 1.29 is 14.3 Å². The minimum Gasteiger partial charge on any atom is -0.497 e. The minimum absolute atomic E-state index is 0.406. The molecule has 1 heterocycles. The fourth-order valence-corrected chi connectivity index (χ4v) is 3.55. The zero-order chi connectivity index (χ0) is 21.8. The van der Waals surface area contributed by atoms with Gasteiger partial charge in [-0.15, -0.1) is 0 Å². The number of urea groups is 1. The number of aromatic nitrogens is 1. The lowest BCUT2D eigenvalue weighted by molar-refractivity contribution is 0.262. The van der Waals surface area contributed by atoms with Crippen LogP contribution in [0.25, 0.3) is 22.0 Å². The quantitative estimate of drug-likeness (QED) is 0.392. The van der Waals surface area contributed by atoms with Gasteiger partial charge in [-0.1, -0.05) is 29.8 Å². The molecule has 31 heavy (non-hydrogen) atoms. The number of nitrogens with one attached hydrogen (secondary N) is 2. The number of hydrogen-bond acceptors (Lipinski definition) is 4. The van der Waals surface area contributed by atoms with Gasteiger partial charge in [-0.05, 0) is 48.0 Å². The van der Waals surface area contributed by atoms with Gasteiger partial charge < -0.3 is 20.1 Å². The van der Waals surface area contributed by atoms with Crippen LogP contribution in [0.4, 0.5) is 16.2 Å². The number of amides is 2. The Balaban J connectivity index is 1.60. The summed E-state index contributed by atoms with van der Waals surface area (Å²) in [6.45, 7) is 0. The van der Waals surface area contributed by atoms with Gasteiger partial charge in [-0.2, -0.15) is 0 Å². The van der Waals surface area contributed by atoms with Gasteiger partial charge >= 0.3 is 6.03 Å². The molecule has 0 aliphatic heterocycles. The highest BCUT2D eigenvalue weighted by molar-refractivity contribution is 6.34. The molecule has 3 aromatic carbocycles. The van der Waals surface area contributed by atoms with Gasteiger partial charge in [-0.25, -0.2) is 4.79 Å². The highest BCUT2D eigenvalue weighted by Gasteiger charge is 2.12. The Labute approximate surface area is 184 Å². The minimum atomic E-state index is -0.406. The second-order valence-corrected chi connectivity index (χ2v) is 7.12. The largest absolute Gasteiger partial charge is 0.497 e. The first-order chi connectivity index (χ1) is 15.1. The van der Waals surface area contributed by atoms with Crippen molar-refractivity contribution in [3.8, 4) is 22.6 Å². The van der Waals surface area contributed by atoms with Gasteiger partial charge in [0.25, 0.3) is 0 Å². The van der Waals surface area contributed by atoms with E-state index in [0.717, 1.165) is 22.0 Å². The Kier molecular flexibility index (Phi) is 5.91. The molecule has 0 radical (unpaired) electrons. The summed E-state index contributed by atoms with van der Waals surface area (Å²) in [7, 11) is 3.10. The fourth-order valence-electron chi connectivity index (χ4n) is 3.33. The van der Waals surface area contributed by atoms with Crippen molar-refractivity contribution in [1.29, 1.82) is 0 Å². The summed E-state index contributed by atoms with van der Waals surface area (Å²) in [6.07, 6.45) is 1.75. The number of methoxy groups -OCH3 is 2. The molecule has 0 bridgehead atoms. The second-order valence-electron chi connectivity index (χ2n) is 6.72. The van der Waals surface area contributed by atoms with E-state index in [-0.39, 0.29) is 0 Å². The molecule has 0 saturated heterocycles. The Morgan fingerprint density at radius 3 is 2.55 bits per heavy atom. The van der Waals surface area contributed by atoms with E-state index < -0.39 is 6.03 Å². The molecule has 0 saturated carbocycles. The number of carbonyl (C=O) groups excluding carboxylic acids is 1. The van der Waals surface area contributed by atoms with E-state index in [9.17, 15) is 4.79 Å². The smallest absolute Gasteiger partial charge is 0.323 e. The van der Waals surface area contributed by atoms with E-state index in [2.05, 4.69) is 15.6 Å². The third-order valence-electron chi connectivity index (χ3n) is 4.82. The number of carbonyl (C=O) groups is 1. The second kappa shape index (κ2) is 8.93. The molecule has 0 spiro atoms. The van der Waals surface area contributed by atoms with Crippen molar-refractivity contribution in [2.24, 2.45) is 0 Å². The van der Waals surface area contributed by atoms with Gasteiger partial charge in [0, 0.05) is 33.9 Å². The number of halogens is 1. The molecule has 0 aliphatic carbocycles. The predicted octanol–water partition coefficient (Wildman–Crippen LogP) is 6.22. The molecule has 4 aromatic rings. The van der Waals surface area contributed by atoms with Crippen LogP contribution in [0.15, 0.2) is 72.9 Å². The lowest BCUT2D eigenvalue weighted by Gasteiger charge is -2.14. The molecule has 6 nitrogen and oxygen atoms in total. The molecule has 0 unspecified atom stereocenters. The first kappa shape index (κ1) is 20.5. The molecular formula is C24H20ClN3O3. The van der Waals surface area contributed by atoms with Gasteiger partial charge in [-0.3, -0.25) is 4.98 Å². The number of rotatable bonds is 5. The molecule has 2 amide bonds. The standard InChI is InChI=1S/C24H20ClN3O3/c1-30-16-8-10-22(23(14-16)31-2)28-24(29)27-15-7-9-20(25)19(13-15)17-11-12-26-21-6-4-3-5-18(17)21/h3-14H,1-2H3,(H2,27,28,29). The number of benzene rings is 3. The summed E-state index contributed by atoms with van der Waals surface area (Å²) < 4.78 is 10.5. The average molecular weight is 434 g/mol. The summed E-state index contributed by atoms with van der Waals surface area (Å²) >= 11 is 6.49. The Bertz CT molecular complexity index is 1250. The number of pyridine rings is 1. The van der Waals surface area contributed by atoms with E-state index in [1.165, 1.54) is 7.11 Å². The topological polar surface area (TPSA) is 72.5 Å². The zero-order valence-electron chi connectivity index (χ0n) is 17.0. The van der Waals surface area contributed by atoms with E-state index in [4.69, 9.17) is 21.1 Å². The van der Waals surface area contributed by atoms with Crippen LogP contribution in [-0.4, -0.2) is 25.2 Å². The lowest BCUT2D eigenvalue weighted by Crippen LogP contribution is -2.19. The number of nitrogens with zero attached hydrogens (tertiary/aromatic N) is 1. The number of fused-ring (bicyclic) bond motifs is 1. The maximum absolute atomic E-state index is 12.6. The van der Waals surface area contributed by atoms with E-state index in [1.54, 1.807) is 43.6 Å². The molecular weight excluding hydrogens is 414 g/mol. The highest BCUT2D eigenvalue weighted by atomic mass is 35.5. The van der Waals surface area contributed by atoms with Crippen LogP contribution in [0.2, 0.25) is 5.02 Å². The number of hydrogen-bond donors (Lipinski definition) is 2. The van der Waals surface area contributed by atoms with Gasteiger partial charge in [0.15, 0.2) is 0 Å². The van der Waals surface area contributed by atoms with Crippen LogP contribution < -0.4 is 20.1 Å². The SMILES string of the molecule is COc1ccc(NC(=O)Nc2ccc(Cl)c(-c3ccnc4ccccc34)c2)c(OC)c1. The van der Waals surface area contributed by atoms with Crippen molar-refractivity contribution in [1.82, 2.24) is 4.98 Å².